The van der Waals surface area contributed by atoms with Crippen LogP contribution in [0.2, 0.25) is 0 Å². The Hall–Kier alpha value is -0.780. The molecule has 4 heterocycles. The Labute approximate surface area is 131 Å². The van der Waals surface area contributed by atoms with Crippen LogP contribution in [0.25, 0.3) is 0 Å². The van der Waals surface area contributed by atoms with Crippen LogP contribution in [0.1, 0.15) is 32.1 Å². The average Bonchev–Trinajstić information content (AvgIpc) is 3.00. The highest BCUT2D eigenvalue weighted by atomic mass is 32.2. The Morgan fingerprint density at radius 3 is 2.62 bits per heavy atom. The quantitative estimate of drug-likeness (QED) is 0.908. The van der Waals surface area contributed by atoms with Gasteiger partial charge in [0, 0.05) is 30.2 Å². The molecule has 0 amide bonds. The highest BCUT2D eigenvalue weighted by Gasteiger charge is 2.32. The van der Waals surface area contributed by atoms with E-state index in [0.717, 1.165) is 6.04 Å². The number of thioether (sulfide) groups is 1. The fraction of sp³-hybridized carbons (Fsp3) is 0.688. The number of pyridine rings is 1. The number of anilines is 1. The molecule has 4 rings (SSSR count). The summed E-state index contributed by atoms with van der Waals surface area (Å²) in [5, 5.41) is 3.61. The molecule has 3 aliphatic heterocycles. The van der Waals surface area contributed by atoms with Crippen molar-refractivity contribution in [3.63, 3.8) is 0 Å². The van der Waals surface area contributed by atoms with E-state index < -0.39 is 0 Å². The third-order valence-electron chi connectivity index (χ3n) is 5.04. The number of likely N-dealkylation sites (tertiary alicyclic amines) is 2. The van der Waals surface area contributed by atoms with Gasteiger partial charge in [-0.3, -0.25) is 9.88 Å². The summed E-state index contributed by atoms with van der Waals surface area (Å²) in [6.07, 6.45) is 10.7. The van der Waals surface area contributed by atoms with Gasteiger partial charge in [-0.25, -0.2) is 0 Å². The molecular formula is C16H24N4S. The number of piperidine rings is 2. The van der Waals surface area contributed by atoms with Gasteiger partial charge in [-0.1, -0.05) is 18.2 Å². The summed E-state index contributed by atoms with van der Waals surface area (Å²) < 4.78 is 0. The zero-order valence-corrected chi connectivity index (χ0v) is 13.3. The minimum Gasteiger partial charge on any atom is -0.359 e. The minimum atomic E-state index is 0.409. The van der Waals surface area contributed by atoms with Crippen molar-refractivity contribution in [3.05, 3.63) is 18.5 Å². The standard InChI is InChI=1S/C16H24N4S/c1-2-8-19(9-3-1)13-5-10-20(11-6-13)16-18-14-12-17-7-4-15(14)21-16/h4,7,12-13,16,18H,1-3,5-6,8-11H2. The van der Waals surface area contributed by atoms with Crippen LogP contribution in [0.15, 0.2) is 23.4 Å². The normalized spacial score (nSPS) is 28.3. The van der Waals surface area contributed by atoms with Crippen LogP contribution in [0, 0.1) is 0 Å². The zero-order chi connectivity index (χ0) is 14.1. The Balaban J connectivity index is 1.32. The Morgan fingerprint density at radius 1 is 1.05 bits per heavy atom. The van der Waals surface area contributed by atoms with Crippen molar-refractivity contribution in [1.82, 2.24) is 14.8 Å². The van der Waals surface area contributed by atoms with Gasteiger partial charge in [0.1, 0.15) is 5.50 Å². The summed E-state index contributed by atoms with van der Waals surface area (Å²) in [5.74, 6) is 0. The fourth-order valence-corrected chi connectivity index (χ4v) is 4.97. The van der Waals surface area contributed by atoms with E-state index in [9.17, 15) is 0 Å². The Bertz CT molecular complexity index is 456. The molecule has 1 unspecified atom stereocenters. The van der Waals surface area contributed by atoms with Crippen molar-refractivity contribution in [2.45, 2.75) is 48.5 Å². The summed E-state index contributed by atoms with van der Waals surface area (Å²) in [4.78, 5) is 10.9. The largest absolute Gasteiger partial charge is 0.359 e. The van der Waals surface area contributed by atoms with Crippen LogP contribution in [0.5, 0.6) is 0 Å². The lowest BCUT2D eigenvalue weighted by Crippen LogP contribution is -2.49. The molecule has 21 heavy (non-hydrogen) atoms. The zero-order valence-electron chi connectivity index (χ0n) is 12.5. The summed E-state index contributed by atoms with van der Waals surface area (Å²) in [7, 11) is 0. The molecule has 1 aromatic rings. The van der Waals surface area contributed by atoms with E-state index >= 15 is 0 Å². The lowest BCUT2D eigenvalue weighted by atomic mass is 10.0. The lowest BCUT2D eigenvalue weighted by Gasteiger charge is -2.41. The van der Waals surface area contributed by atoms with Gasteiger partial charge in [0.2, 0.25) is 0 Å². The van der Waals surface area contributed by atoms with Crippen LogP contribution in [-0.2, 0) is 0 Å². The first-order chi connectivity index (χ1) is 10.4. The van der Waals surface area contributed by atoms with Crippen molar-refractivity contribution in [3.8, 4) is 0 Å². The number of hydrogen-bond acceptors (Lipinski definition) is 5. The second-order valence-corrected chi connectivity index (χ2v) is 7.47. The molecule has 0 spiro atoms. The molecule has 1 atom stereocenters. The van der Waals surface area contributed by atoms with Crippen molar-refractivity contribution in [1.29, 1.82) is 0 Å². The van der Waals surface area contributed by atoms with Crippen molar-refractivity contribution in [2.75, 3.05) is 31.5 Å². The van der Waals surface area contributed by atoms with Crippen LogP contribution < -0.4 is 5.32 Å². The van der Waals surface area contributed by atoms with Gasteiger partial charge in [-0.05, 0) is 44.8 Å². The number of rotatable bonds is 2. The number of hydrogen-bond donors (Lipinski definition) is 1. The first kappa shape index (κ1) is 13.9. The van der Waals surface area contributed by atoms with Gasteiger partial charge < -0.3 is 10.2 Å². The highest BCUT2D eigenvalue weighted by molar-refractivity contribution is 8.00. The maximum Gasteiger partial charge on any atom is 0.133 e. The third kappa shape index (κ3) is 2.91. The molecule has 2 fully saturated rings. The van der Waals surface area contributed by atoms with E-state index in [4.69, 9.17) is 0 Å². The van der Waals surface area contributed by atoms with Crippen molar-refractivity contribution in [2.24, 2.45) is 0 Å². The molecule has 1 N–H and O–H groups in total. The van der Waals surface area contributed by atoms with Crippen LogP contribution in [0.3, 0.4) is 0 Å². The van der Waals surface area contributed by atoms with Gasteiger partial charge in [-0.2, -0.15) is 0 Å². The third-order valence-corrected chi connectivity index (χ3v) is 6.29. The summed E-state index contributed by atoms with van der Waals surface area (Å²) in [6.45, 7) is 5.09. The maximum absolute atomic E-state index is 4.21. The summed E-state index contributed by atoms with van der Waals surface area (Å²) in [6, 6.07) is 2.95. The first-order valence-electron chi connectivity index (χ1n) is 8.25. The topological polar surface area (TPSA) is 31.4 Å². The fourth-order valence-electron chi connectivity index (χ4n) is 3.81. The molecule has 0 aromatic carbocycles. The maximum atomic E-state index is 4.21. The van der Waals surface area contributed by atoms with E-state index in [2.05, 4.69) is 26.2 Å². The van der Waals surface area contributed by atoms with E-state index in [1.165, 1.54) is 68.9 Å². The van der Waals surface area contributed by atoms with E-state index in [-0.39, 0.29) is 0 Å². The smallest absolute Gasteiger partial charge is 0.133 e. The molecule has 3 aliphatic rings. The number of aromatic nitrogens is 1. The van der Waals surface area contributed by atoms with Crippen molar-refractivity contribution < 1.29 is 0 Å². The van der Waals surface area contributed by atoms with Gasteiger partial charge in [-0.15, -0.1) is 0 Å². The lowest BCUT2D eigenvalue weighted by molar-refractivity contribution is 0.0917. The number of nitrogens with zero attached hydrogens (tertiary/aromatic N) is 3. The van der Waals surface area contributed by atoms with E-state index in [1.807, 2.05) is 24.2 Å². The SMILES string of the molecule is c1cc2c(cn1)NC(N1CCC(N3CCCCC3)CC1)S2. The van der Waals surface area contributed by atoms with E-state index in [0.29, 0.717) is 5.50 Å². The van der Waals surface area contributed by atoms with Crippen LogP contribution in [0.4, 0.5) is 5.69 Å². The van der Waals surface area contributed by atoms with Crippen LogP contribution in [-0.4, -0.2) is 52.5 Å². The highest BCUT2D eigenvalue weighted by Crippen LogP contribution is 2.39. The second kappa shape index (κ2) is 6.15. The summed E-state index contributed by atoms with van der Waals surface area (Å²) in [5.41, 5.74) is 1.61. The molecule has 0 radical (unpaired) electrons. The predicted octanol–water partition coefficient (Wildman–Crippen LogP) is 2.83. The second-order valence-electron chi connectivity index (χ2n) is 6.35. The molecule has 2 saturated heterocycles. The number of fused-ring (bicyclic) bond motifs is 1. The molecule has 5 heteroatoms. The van der Waals surface area contributed by atoms with Crippen molar-refractivity contribution >= 4 is 17.4 Å². The molecule has 114 valence electrons. The van der Waals surface area contributed by atoms with Crippen LogP contribution >= 0.6 is 11.8 Å². The monoisotopic (exact) mass is 304 g/mol. The summed E-state index contributed by atoms with van der Waals surface area (Å²) >= 11 is 1.94. The average molecular weight is 304 g/mol. The molecule has 0 bridgehead atoms. The molecule has 4 nitrogen and oxygen atoms in total. The van der Waals surface area contributed by atoms with E-state index in [1.54, 1.807) is 0 Å². The molecule has 1 aromatic heterocycles. The van der Waals surface area contributed by atoms with Gasteiger partial charge in [0.25, 0.3) is 0 Å². The van der Waals surface area contributed by atoms with Gasteiger partial charge in [0.05, 0.1) is 11.9 Å². The minimum absolute atomic E-state index is 0.409. The first-order valence-corrected chi connectivity index (χ1v) is 9.13. The Kier molecular flexibility index (Phi) is 4.05. The van der Waals surface area contributed by atoms with Gasteiger partial charge in [0.15, 0.2) is 0 Å². The molecular weight excluding hydrogens is 280 g/mol. The molecule has 0 aliphatic carbocycles. The van der Waals surface area contributed by atoms with Gasteiger partial charge >= 0.3 is 0 Å². The number of nitrogens with one attached hydrogen (secondary N) is 1. The predicted molar refractivity (Wildman–Crippen MR) is 87.5 cm³/mol. The molecule has 0 saturated carbocycles. The Morgan fingerprint density at radius 2 is 1.86 bits per heavy atom.